The number of likely N-dealkylation sites (tertiary alicyclic amines) is 2. The van der Waals surface area contributed by atoms with E-state index in [-0.39, 0.29) is 12.0 Å². The average molecular weight is 373 g/mol. The second kappa shape index (κ2) is 8.57. The third kappa shape index (κ3) is 4.27. The normalized spacial score (nSPS) is 25.1. The molecular formula is C21H32N4O2. The molecule has 3 saturated heterocycles. The van der Waals surface area contributed by atoms with Crippen LogP contribution < -0.4 is 4.90 Å². The van der Waals surface area contributed by atoms with Gasteiger partial charge in [-0.15, -0.1) is 0 Å². The number of carbonyl (C=O) groups excluding carboxylic acids is 1. The summed E-state index contributed by atoms with van der Waals surface area (Å²) in [6, 6.07) is 4.58. The lowest BCUT2D eigenvalue weighted by Crippen LogP contribution is -2.48. The van der Waals surface area contributed by atoms with Crippen LogP contribution >= 0.6 is 0 Å². The molecule has 0 aliphatic carbocycles. The predicted molar refractivity (Wildman–Crippen MR) is 106 cm³/mol. The molecule has 148 valence electrons. The van der Waals surface area contributed by atoms with E-state index in [2.05, 4.69) is 14.8 Å². The molecule has 3 aliphatic rings. The van der Waals surface area contributed by atoms with E-state index in [1.165, 1.54) is 32.4 Å². The Balaban J connectivity index is 1.31. The molecule has 4 heterocycles. The fraction of sp³-hybridized carbons (Fsp3) is 0.714. The first-order valence-corrected chi connectivity index (χ1v) is 10.5. The van der Waals surface area contributed by atoms with Crippen molar-refractivity contribution in [2.45, 2.75) is 50.7 Å². The van der Waals surface area contributed by atoms with Crippen molar-refractivity contribution in [3.63, 3.8) is 0 Å². The number of piperidine rings is 2. The van der Waals surface area contributed by atoms with Crippen molar-refractivity contribution in [2.75, 3.05) is 51.3 Å². The highest BCUT2D eigenvalue weighted by atomic mass is 16.5. The molecule has 1 amide bonds. The van der Waals surface area contributed by atoms with Crippen molar-refractivity contribution in [2.24, 2.45) is 0 Å². The van der Waals surface area contributed by atoms with E-state index in [4.69, 9.17) is 4.74 Å². The lowest BCUT2D eigenvalue weighted by Gasteiger charge is -2.40. The maximum absolute atomic E-state index is 12.9. The fourth-order valence-electron chi connectivity index (χ4n) is 4.73. The van der Waals surface area contributed by atoms with Crippen LogP contribution in [0.4, 0.5) is 5.82 Å². The summed E-state index contributed by atoms with van der Waals surface area (Å²) in [6.45, 7) is 6.05. The summed E-state index contributed by atoms with van der Waals surface area (Å²) in [5.41, 5.74) is 0.706. The van der Waals surface area contributed by atoms with Gasteiger partial charge in [-0.2, -0.15) is 0 Å². The Labute approximate surface area is 162 Å². The highest BCUT2D eigenvalue weighted by molar-refractivity contribution is 5.94. The lowest BCUT2D eigenvalue weighted by atomic mass is 9.99. The standard InChI is InChI=1S/C21H32N4O2/c1-27-19-9-14-25(16-19)20-6-5-17(15-22-20)21(26)24-12-7-18(8-13-24)23-10-3-2-4-11-23/h5-6,15,18-19H,2-4,7-14,16H2,1H3. The Bertz CT molecular complexity index is 622. The van der Waals surface area contributed by atoms with Crippen molar-refractivity contribution >= 4 is 11.7 Å². The first-order chi connectivity index (χ1) is 13.2. The van der Waals surface area contributed by atoms with Gasteiger partial charge in [0, 0.05) is 45.5 Å². The smallest absolute Gasteiger partial charge is 0.255 e. The van der Waals surface area contributed by atoms with Crippen LogP contribution in [-0.2, 0) is 4.74 Å². The van der Waals surface area contributed by atoms with Crippen molar-refractivity contribution in [1.29, 1.82) is 0 Å². The molecule has 0 spiro atoms. The van der Waals surface area contributed by atoms with Crippen LogP contribution in [0.15, 0.2) is 18.3 Å². The molecule has 6 heteroatoms. The van der Waals surface area contributed by atoms with Gasteiger partial charge >= 0.3 is 0 Å². The second-order valence-electron chi connectivity index (χ2n) is 8.12. The molecule has 1 atom stereocenters. The molecule has 0 N–H and O–H groups in total. The third-order valence-electron chi connectivity index (χ3n) is 6.46. The Kier molecular flexibility index (Phi) is 5.93. The van der Waals surface area contributed by atoms with Crippen molar-refractivity contribution in [1.82, 2.24) is 14.8 Å². The highest BCUT2D eigenvalue weighted by Crippen LogP contribution is 2.23. The number of hydrogen-bond acceptors (Lipinski definition) is 5. The Hall–Kier alpha value is -1.66. The van der Waals surface area contributed by atoms with Gasteiger partial charge in [-0.1, -0.05) is 6.42 Å². The van der Waals surface area contributed by atoms with Gasteiger partial charge in [0.1, 0.15) is 5.82 Å². The fourth-order valence-corrected chi connectivity index (χ4v) is 4.73. The number of pyridine rings is 1. The summed E-state index contributed by atoms with van der Waals surface area (Å²) in [5, 5.41) is 0. The maximum Gasteiger partial charge on any atom is 0.255 e. The molecule has 1 aromatic rings. The molecule has 27 heavy (non-hydrogen) atoms. The van der Waals surface area contributed by atoms with Gasteiger partial charge in [0.2, 0.25) is 0 Å². The van der Waals surface area contributed by atoms with Gasteiger partial charge < -0.3 is 19.4 Å². The van der Waals surface area contributed by atoms with Gasteiger partial charge in [0.15, 0.2) is 0 Å². The Morgan fingerprint density at radius 2 is 1.81 bits per heavy atom. The van der Waals surface area contributed by atoms with Gasteiger partial charge in [-0.05, 0) is 57.3 Å². The van der Waals surface area contributed by atoms with E-state index in [1.807, 2.05) is 17.0 Å². The van der Waals surface area contributed by atoms with E-state index in [1.54, 1.807) is 13.3 Å². The Morgan fingerprint density at radius 1 is 1.04 bits per heavy atom. The van der Waals surface area contributed by atoms with Gasteiger partial charge in [0.05, 0.1) is 11.7 Å². The van der Waals surface area contributed by atoms with Crippen LogP contribution in [0.3, 0.4) is 0 Å². The Morgan fingerprint density at radius 3 is 2.44 bits per heavy atom. The number of carbonyl (C=O) groups is 1. The quantitative estimate of drug-likeness (QED) is 0.812. The SMILES string of the molecule is COC1CCN(c2ccc(C(=O)N3CCC(N4CCCCC4)CC3)cn2)C1. The number of rotatable bonds is 4. The maximum atomic E-state index is 12.9. The molecule has 3 fully saturated rings. The minimum atomic E-state index is 0.127. The number of nitrogens with zero attached hydrogens (tertiary/aromatic N) is 4. The zero-order valence-corrected chi connectivity index (χ0v) is 16.5. The topological polar surface area (TPSA) is 48.9 Å². The van der Waals surface area contributed by atoms with Crippen LogP contribution in [0.5, 0.6) is 0 Å². The molecule has 0 saturated carbocycles. The summed E-state index contributed by atoms with van der Waals surface area (Å²) in [7, 11) is 1.76. The first kappa shape index (κ1) is 18.7. The number of methoxy groups -OCH3 is 1. The molecule has 1 unspecified atom stereocenters. The van der Waals surface area contributed by atoms with Crippen molar-refractivity contribution < 1.29 is 9.53 Å². The third-order valence-corrected chi connectivity index (χ3v) is 6.46. The summed E-state index contributed by atoms with van der Waals surface area (Å²) in [6.07, 6.45) is 9.31. The number of anilines is 1. The number of ether oxygens (including phenoxy) is 1. The summed E-state index contributed by atoms with van der Waals surface area (Å²) in [5.74, 6) is 1.07. The van der Waals surface area contributed by atoms with Crippen molar-refractivity contribution in [3.05, 3.63) is 23.9 Å². The number of aromatic nitrogens is 1. The second-order valence-corrected chi connectivity index (χ2v) is 8.12. The van der Waals surface area contributed by atoms with Gasteiger partial charge in [-0.3, -0.25) is 4.79 Å². The van der Waals surface area contributed by atoms with E-state index in [0.29, 0.717) is 11.6 Å². The molecule has 0 bridgehead atoms. The monoisotopic (exact) mass is 372 g/mol. The zero-order valence-electron chi connectivity index (χ0n) is 16.5. The molecule has 3 aliphatic heterocycles. The molecular weight excluding hydrogens is 340 g/mol. The summed E-state index contributed by atoms with van der Waals surface area (Å²) >= 11 is 0. The van der Waals surface area contributed by atoms with Gasteiger partial charge in [0.25, 0.3) is 5.91 Å². The zero-order chi connectivity index (χ0) is 18.6. The van der Waals surface area contributed by atoms with E-state index in [9.17, 15) is 4.79 Å². The minimum Gasteiger partial charge on any atom is -0.380 e. The van der Waals surface area contributed by atoms with E-state index in [0.717, 1.165) is 51.3 Å². The molecule has 0 radical (unpaired) electrons. The molecule has 1 aromatic heterocycles. The molecule has 4 rings (SSSR count). The van der Waals surface area contributed by atoms with Crippen molar-refractivity contribution in [3.8, 4) is 0 Å². The van der Waals surface area contributed by atoms with Gasteiger partial charge in [-0.25, -0.2) is 4.98 Å². The van der Waals surface area contributed by atoms with Crippen LogP contribution in [0.1, 0.15) is 48.9 Å². The average Bonchev–Trinajstić information content (AvgIpc) is 3.23. The van der Waals surface area contributed by atoms with Crippen LogP contribution in [0.25, 0.3) is 0 Å². The first-order valence-electron chi connectivity index (χ1n) is 10.5. The number of hydrogen-bond donors (Lipinski definition) is 0. The highest BCUT2D eigenvalue weighted by Gasteiger charge is 2.28. The van der Waals surface area contributed by atoms with Crippen LogP contribution in [-0.4, -0.2) is 79.2 Å². The van der Waals surface area contributed by atoms with Crippen LogP contribution in [0.2, 0.25) is 0 Å². The predicted octanol–water partition coefficient (Wildman–Crippen LogP) is 2.40. The molecule has 6 nitrogen and oxygen atoms in total. The largest absolute Gasteiger partial charge is 0.380 e. The molecule has 0 aromatic carbocycles. The number of amides is 1. The summed E-state index contributed by atoms with van der Waals surface area (Å²) < 4.78 is 5.42. The van der Waals surface area contributed by atoms with Crippen LogP contribution in [0, 0.1) is 0 Å². The minimum absolute atomic E-state index is 0.127. The lowest BCUT2D eigenvalue weighted by molar-refractivity contribution is 0.0589. The summed E-state index contributed by atoms with van der Waals surface area (Å²) in [4.78, 5) is 24.3. The van der Waals surface area contributed by atoms with E-state index < -0.39 is 0 Å². The van der Waals surface area contributed by atoms with E-state index >= 15 is 0 Å².